The molecule has 1 saturated carbocycles. The number of hydrogen-bond donors (Lipinski definition) is 0. The first-order valence-corrected chi connectivity index (χ1v) is 27.7. The van der Waals surface area contributed by atoms with E-state index >= 15 is 70.7 Å². The number of esters is 1. The van der Waals surface area contributed by atoms with Gasteiger partial charge in [-0.15, -0.1) is 0 Å². The molecular formula is C58H59BF15O4P. The number of methoxy groups -OCH3 is 2. The molecule has 0 radical (unpaired) electrons. The average Bonchev–Trinajstić information content (AvgIpc) is 4.30. The molecule has 0 unspecified atom stereocenters. The Hall–Kier alpha value is -5.65. The van der Waals surface area contributed by atoms with E-state index in [0.717, 1.165) is 18.2 Å². The van der Waals surface area contributed by atoms with Crippen molar-refractivity contribution in [3.05, 3.63) is 156 Å². The summed E-state index contributed by atoms with van der Waals surface area (Å²) in [4.78, 5) is 15.2. The van der Waals surface area contributed by atoms with Crippen LogP contribution in [-0.4, -0.2) is 32.7 Å². The predicted molar refractivity (Wildman–Crippen MR) is 274 cm³/mol. The molecule has 7 rings (SSSR count). The van der Waals surface area contributed by atoms with Gasteiger partial charge in [0.1, 0.15) is 58.2 Å². The molecule has 0 N–H and O–H groups in total. The third-order valence-electron chi connectivity index (χ3n) is 15.9. The molecule has 21 heteroatoms. The highest BCUT2D eigenvalue weighted by Gasteiger charge is 2.78. The van der Waals surface area contributed by atoms with Gasteiger partial charge in [-0.05, 0) is 87.6 Å². The van der Waals surface area contributed by atoms with E-state index < -0.39 is 169 Å². The Balaban J connectivity index is 1.97. The van der Waals surface area contributed by atoms with Crippen molar-refractivity contribution >= 4 is 46.6 Å². The van der Waals surface area contributed by atoms with E-state index in [0.29, 0.717) is 40.0 Å². The van der Waals surface area contributed by atoms with Gasteiger partial charge in [-0.25, -0.2) is 65.9 Å². The summed E-state index contributed by atoms with van der Waals surface area (Å²) in [5, 5.41) is 0.494. The Morgan fingerprint density at radius 3 is 0.975 bits per heavy atom. The lowest BCUT2D eigenvalue weighted by atomic mass is 9.27. The predicted octanol–water partition coefficient (Wildman–Crippen LogP) is 14.6. The lowest BCUT2D eigenvalue weighted by Gasteiger charge is -2.47. The van der Waals surface area contributed by atoms with Crippen LogP contribution in [0.3, 0.4) is 0 Å². The molecular weight excluding hydrogens is 1090 g/mol. The van der Waals surface area contributed by atoms with E-state index in [1.807, 2.05) is 107 Å². The maximum atomic E-state index is 17.2. The summed E-state index contributed by atoms with van der Waals surface area (Å²) in [6.45, 7) is 22.5. The van der Waals surface area contributed by atoms with Gasteiger partial charge in [-0.2, -0.15) is 0 Å². The maximum Gasteiger partial charge on any atom is 0.320 e. The SMILES string of the molecule is COC(=O)[C@@]12C[C@@H]1CC[P+](c1c(C(C)C)cc(C(C)C)cc1C(C)C)(c1c(C(C)C)cc(C(C)C)cc1C(C)C)/C2=C(\OC)O[B-](c1c(F)c(F)c(F)c(F)c1F)(c1c(F)c(F)c(F)c(F)c1F)c1c(F)c(F)c(F)c(F)c1F. The normalized spacial score (nSPS) is 17.9. The molecule has 1 saturated heterocycles. The van der Waals surface area contributed by atoms with Crippen LogP contribution < -0.4 is 27.0 Å². The van der Waals surface area contributed by atoms with Crippen molar-refractivity contribution in [2.45, 2.75) is 131 Å². The number of carbonyl (C=O) groups is 1. The van der Waals surface area contributed by atoms with E-state index in [2.05, 4.69) is 0 Å². The van der Waals surface area contributed by atoms with Gasteiger partial charge in [-0.1, -0.05) is 124 Å². The van der Waals surface area contributed by atoms with Gasteiger partial charge in [0, 0.05) is 0 Å². The van der Waals surface area contributed by atoms with E-state index in [1.54, 1.807) is 0 Å². The van der Waals surface area contributed by atoms with Crippen molar-refractivity contribution in [3.63, 3.8) is 0 Å². The molecule has 4 nitrogen and oxygen atoms in total. The Kier molecular flexibility index (Phi) is 16.7. The van der Waals surface area contributed by atoms with Crippen LogP contribution in [0.2, 0.25) is 0 Å². The first kappa shape index (κ1) is 61.0. The highest BCUT2D eigenvalue weighted by atomic mass is 31.2. The first-order valence-electron chi connectivity index (χ1n) is 25.7. The minimum atomic E-state index is -6.69. The zero-order valence-corrected chi connectivity index (χ0v) is 46.7. The van der Waals surface area contributed by atoms with E-state index in [1.165, 1.54) is 0 Å². The maximum absolute atomic E-state index is 17.2. The number of fused-ring (bicyclic) bond motifs is 1. The van der Waals surface area contributed by atoms with Gasteiger partial charge in [0.2, 0.25) is 0 Å². The van der Waals surface area contributed by atoms with Crippen LogP contribution in [0, 0.1) is 98.6 Å². The fraction of sp³-hybridized carbons (Fsp3) is 0.431. The molecule has 0 bridgehead atoms. The first-order chi connectivity index (χ1) is 36.7. The van der Waals surface area contributed by atoms with Gasteiger partial charge < -0.3 is 14.1 Å². The summed E-state index contributed by atoms with van der Waals surface area (Å²) in [5.74, 6) is -53.6. The van der Waals surface area contributed by atoms with Gasteiger partial charge in [0.05, 0.1) is 20.4 Å². The van der Waals surface area contributed by atoms with Crippen LogP contribution in [0.5, 0.6) is 0 Å². The van der Waals surface area contributed by atoms with Crippen LogP contribution in [0.25, 0.3) is 0 Å². The zero-order chi connectivity index (χ0) is 59.4. The summed E-state index contributed by atoms with van der Waals surface area (Å²) in [6.07, 6.45) is -6.89. The molecule has 0 spiro atoms. The number of hydrogen-bond acceptors (Lipinski definition) is 4. The topological polar surface area (TPSA) is 44.8 Å². The smallest absolute Gasteiger partial charge is 0.320 e. The van der Waals surface area contributed by atoms with Gasteiger partial charge >= 0.3 is 5.97 Å². The molecule has 2 aliphatic rings. The van der Waals surface area contributed by atoms with Gasteiger partial charge in [0.25, 0.3) is 12.3 Å². The number of benzene rings is 5. The quantitative estimate of drug-likeness (QED) is 0.0199. The largest absolute Gasteiger partial charge is 0.673 e. The minimum absolute atomic E-state index is 0.0591. The van der Waals surface area contributed by atoms with Gasteiger partial charge in [-0.3, -0.25) is 4.79 Å². The third kappa shape index (κ3) is 9.10. The van der Waals surface area contributed by atoms with E-state index in [9.17, 15) is 0 Å². The van der Waals surface area contributed by atoms with Crippen molar-refractivity contribution in [1.29, 1.82) is 0 Å². The third-order valence-corrected chi connectivity index (χ3v) is 20.7. The molecule has 1 aliphatic heterocycles. The standard InChI is InChI=1S/C58H59BF15O4P/c1-22(2)28-17-31(24(5)6)53(32(18-28)25(7)8)79(54-33(26(9)10)19-29(23(3)4)20-34(54)27(11)12)16-15-30-21-58(30,57(75)77-14)55(79)56(76-13)78-59(35-38(60)44(66)50(72)45(67)39(35)61,36-40(62)46(68)51(73)47(69)41(36)63)37-42(64)48(70)52(74)49(71)43(37)65/h17-20,22-27,30H,15-16,21H2,1-14H3/b56-55+/t30-,58-/m0/s1. The fourth-order valence-electron chi connectivity index (χ4n) is 11.8. The van der Waals surface area contributed by atoms with E-state index in [4.69, 9.17) is 14.1 Å². The van der Waals surface area contributed by atoms with E-state index in [-0.39, 0.29) is 30.8 Å². The summed E-state index contributed by atoms with van der Waals surface area (Å²) in [5.41, 5.74) is -7.10. The molecule has 1 heterocycles. The molecule has 1 aliphatic carbocycles. The highest BCUT2D eigenvalue weighted by Crippen LogP contribution is 2.83. The second kappa shape index (κ2) is 21.7. The second-order valence-electron chi connectivity index (χ2n) is 22.4. The summed E-state index contributed by atoms with van der Waals surface area (Å²) in [6, 6.07) is 7.64. The summed E-state index contributed by atoms with van der Waals surface area (Å²) in [7, 11) is -2.61. The Labute approximate surface area is 449 Å². The molecule has 428 valence electrons. The molecule has 5 aromatic carbocycles. The van der Waals surface area contributed by atoms with Crippen molar-refractivity contribution < 1.29 is 84.8 Å². The van der Waals surface area contributed by atoms with Crippen LogP contribution in [-0.2, 0) is 18.9 Å². The Morgan fingerprint density at radius 2 is 0.734 bits per heavy atom. The van der Waals surface area contributed by atoms with Crippen molar-refractivity contribution in [3.8, 4) is 0 Å². The van der Waals surface area contributed by atoms with Crippen LogP contribution in [0.4, 0.5) is 65.9 Å². The second-order valence-corrected chi connectivity index (χ2v) is 25.8. The van der Waals surface area contributed by atoms with Crippen molar-refractivity contribution in [1.82, 2.24) is 0 Å². The number of rotatable bonds is 15. The lowest BCUT2D eigenvalue weighted by Crippen LogP contribution is -2.75. The lowest BCUT2D eigenvalue weighted by molar-refractivity contribution is -0.146. The molecule has 2 fully saturated rings. The monoisotopic (exact) mass is 1150 g/mol. The zero-order valence-electron chi connectivity index (χ0n) is 45.8. The average molecular weight is 1150 g/mol. The highest BCUT2D eigenvalue weighted by molar-refractivity contribution is 7.93. The Bertz CT molecular complexity index is 2970. The van der Waals surface area contributed by atoms with Gasteiger partial charge in [0.15, 0.2) is 57.7 Å². The van der Waals surface area contributed by atoms with Crippen LogP contribution >= 0.6 is 7.26 Å². The molecule has 2 atom stereocenters. The minimum Gasteiger partial charge on any atom is -0.673 e. The molecule has 79 heavy (non-hydrogen) atoms. The Morgan fingerprint density at radius 1 is 0.456 bits per heavy atom. The number of halogens is 15. The van der Waals surface area contributed by atoms with Crippen LogP contribution in [0.15, 0.2) is 35.5 Å². The van der Waals surface area contributed by atoms with Crippen molar-refractivity contribution in [2.24, 2.45) is 11.3 Å². The fourth-order valence-corrected chi connectivity index (χ4v) is 18.4. The van der Waals surface area contributed by atoms with Crippen molar-refractivity contribution in [2.75, 3.05) is 20.4 Å². The molecule has 0 amide bonds. The number of carbonyl (C=O) groups excluding carboxylic acids is 1. The summed E-state index contributed by atoms with van der Waals surface area (Å²) >= 11 is 0. The molecule has 0 aromatic heterocycles. The summed E-state index contributed by atoms with van der Waals surface area (Å²) < 4.78 is 263. The number of ether oxygens (including phenoxy) is 2. The van der Waals surface area contributed by atoms with Crippen LogP contribution in [0.1, 0.15) is 165 Å². The molecule has 5 aromatic rings.